The highest BCUT2D eigenvalue weighted by atomic mass is 32.2. The van der Waals surface area contributed by atoms with E-state index in [0.29, 0.717) is 11.7 Å². The van der Waals surface area contributed by atoms with Crippen molar-refractivity contribution in [2.45, 2.75) is 25.0 Å². The highest BCUT2D eigenvalue weighted by Gasteiger charge is 2.20. The molecule has 1 heterocycles. The van der Waals surface area contributed by atoms with E-state index in [0.717, 1.165) is 17.7 Å². The van der Waals surface area contributed by atoms with E-state index < -0.39 is 5.97 Å². The fourth-order valence-corrected chi connectivity index (χ4v) is 3.55. The van der Waals surface area contributed by atoms with Crippen LogP contribution in [0.2, 0.25) is 0 Å². The van der Waals surface area contributed by atoms with Gasteiger partial charge in [0.1, 0.15) is 0 Å². The van der Waals surface area contributed by atoms with E-state index in [1.807, 2.05) is 48.7 Å². The molecule has 0 bridgehead atoms. The van der Waals surface area contributed by atoms with Crippen molar-refractivity contribution in [2.24, 2.45) is 0 Å². The van der Waals surface area contributed by atoms with Crippen LogP contribution >= 0.6 is 11.8 Å². The minimum atomic E-state index is -0.583. The van der Waals surface area contributed by atoms with E-state index in [-0.39, 0.29) is 18.2 Å². The van der Waals surface area contributed by atoms with Crippen LogP contribution in [-0.2, 0) is 22.5 Å². The largest absolute Gasteiger partial charge is 0.451 e. The summed E-state index contributed by atoms with van der Waals surface area (Å²) in [6, 6.07) is 17.6. The highest BCUT2D eigenvalue weighted by molar-refractivity contribution is 7.98. The normalized spacial score (nSPS) is 10.6. The van der Waals surface area contributed by atoms with Crippen molar-refractivity contribution in [1.82, 2.24) is 14.5 Å². The Labute approximate surface area is 180 Å². The average molecular weight is 424 g/mol. The molecule has 7 heteroatoms. The number of amides is 1. The summed E-state index contributed by atoms with van der Waals surface area (Å²) < 4.78 is 7.04. The van der Waals surface area contributed by atoms with Crippen LogP contribution in [0.25, 0.3) is 5.69 Å². The van der Waals surface area contributed by atoms with Gasteiger partial charge in [0.25, 0.3) is 5.91 Å². The SMILES string of the molecule is CCc1ccc(CN(C)C(=O)COC(=O)c2cnc(SC)n2-c2ccccc2)cc1. The third-order valence-electron chi connectivity index (χ3n) is 4.74. The summed E-state index contributed by atoms with van der Waals surface area (Å²) in [6.07, 6.45) is 4.34. The molecule has 0 unspecified atom stereocenters. The Kier molecular flexibility index (Phi) is 7.30. The van der Waals surface area contributed by atoms with E-state index in [9.17, 15) is 9.59 Å². The Hall–Kier alpha value is -3.06. The topological polar surface area (TPSA) is 64.4 Å². The lowest BCUT2D eigenvalue weighted by molar-refractivity contribution is -0.133. The number of nitrogens with zero attached hydrogens (tertiary/aromatic N) is 3. The fraction of sp³-hybridized carbons (Fsp3) is 0.261. The number of benzene rings is 2. The molecule has 1 aromatic heterocycles. The lowest BCUT2D eigenvalue weighted by Gasteiger charge is -2.17. The quantitative estimate of drug-likeness (QED) is 0.405. The number of thioether (sulfide) groups is 1. The number of ether oxygens (including phenoxy) is 1. The van der Waals surface area contributed by atoms with Gasteiger partial charge in [-0.2, -0.15) is 0 Å². The van der Waals surface area contributed by atoms with Gasteiger partial charge in [-0.1, -0.05) is 61.2 Å². The maximum atomic E-state index is 12.7. The maximum absolute atomic E-state index is 12.7. The zero-order chi connectivity index (χ0) is 21.5. The second kappa shape index (κ2) is 10.1. The van der Waals surface area contributed by atoms with Crippen molar-refractivity contribution in [3.8, 4) is 5.69 Å². The van der Waals surface area contributed by atoms with Crippen LogP contribution in [0, 0.1) is 0 Å². The zero-order valence-corrected chi connectivity index (χ0v) is 18.2. The van der Waals surface area contributed by atoms with Gasteiger partial charge in [-0.3, -0.25) is 9.36 Å². The summed E-state index contributed by atoms with van der Waals surface area (Å²) in [7, 11) is 1.70. The van der Waals surface area contributed by atoms with Gasteiger partial charge >= 0.3 is 5.97 Å². The fourth-order valence-electron chi connectivity index (χ4n) is 3.00. The first-order chi connectivity index (χ1) is 14.5. The standard InChI is InChI=1S/C23H25N3O3S/c1-4-17-10-12-18(13-11-17)15-25(2)21(27)16-29-22(28)20-14-24-23(30-3)26(20)19-8-6-5-7-9-19/h5-14H,4,15-16H2,1-3H3. The van der Waals surface area contributed by atoms with E-state index in [1.165, 1.54) is 23.5 Å². The Morgan fingerprint density at radius 3 is 2.37 bits per heavy atom. The zero-order valence-electron chi connectivity index (χ0n) is 17.4. The van der Waals surface area contributed by atoms with Gasteiger partial charge in [-0.05, 0) is 35.9 Å². The molecular weight excluding hydrogens is 398 g/mol. The monoisotopic (exact) mass is 423 g/mol. The summed E-state index contributed by atoms with van der Waals surface area (Å²) in [5.41, 5.74) is 3.38. The van der Waals surface area contributed by atoms with Crippen LogP contribution in [-0.4, -0.2) is 46.2 Å². The van der Waals surface area contributed by atoms with Crippen molar-refractivity contribution >= 4 is 23.6 Å². The molecule has 0 fully saturated rings. The molecule has 2 aromatic carbocycles. The molecule has 0 atom stereocenters. The van der Waals surface area contributed by atoms with Crippen molar-refractivity contribution in [3.05, 3.63) is 77.6 Å². The minimum Gasteiger partial charge on any atom is -0.451 e. The number of aryl methyl sites for hydroxylation is 1. The molecule has 0 saturated carbocycles. The van der Waals surface area contributed by atoms with E-state index in [2.05, 4.69) is 24.0 Å². The molecule has 0 aliphatic heterocycles. The summed E-state index contributed by atoms with van der Waals surface area (Å²) in [5.74, 6) is -0.848. The van der Waals surface area contributed by atoms with E-state index in [1.54, 1.807) is 16.5 Å². The molecule has 156 valence electrons. The number of likely N-dealkylation sites (N-methyl/N-ethyl adjacent to an activating group) is 1. The lowest BCUT2D eigenvalue weighted by atomic mass is 10.1. The number of hydrogen-bond donors (Lipinski definition) is 0. The molecule has 0 saturated heterocycles. The van der Waals surface area contributed by atoms with Crippen LogP contribution in [0.3, 0.4) is 0 Å². The summed E-state index contributed by atoms with van der Waals surface area (Å²) >= 11 is 1.43. The first-order valence-corrected chi connectivity index (χ1v) is 10.9. The van der Waals surface area contributed by atoms with E-state index >= 15 is 0 Å². The smallest absolute Gasteiger partial charge is 0.357 e. The number of hydrogen-bond acceptors (Lipinski definition) is 5. The predicted octanol–water partition coefficient (Wildman–Crippen LogP) is 3.97. The number of imidazole rings is 1. The summed E-state index contributed by atoms with van der Waals surface area (Å²) in [4.78, 5) is 31.0. The first-order valence-electron chi connectivity index (χ1n) is 9.69. The molecule has 30 heavy (non-hydrogen) atoms. The molecule has 1 amide bonds. The maximum Gasteiger partial charge on any atom is 0.357 e. The third kappa shape index (κ3) is 5.10. The number of esters is 1. The number of rotatable bonds is 8. The van der Waals surface area contributed by atoms with Crippen LogP contribution in [0.1, 0.15) is 28.5 Å². The Morgan fingerprint density at radius 1 is 1.07 bits per heavy atom. The van der Waals surface area contributed by atoms with Crippen molar-refractivity contribution in [1.29, 1.82) is 0 Å². The molecular formula is C23H25N3O3S. The molecule has 0 N–H and O–H groups in total. The molecule has 3 aromatic rings. The second-order valence-corrected chi connectivity index (χ2v) is 7.57. The second-order valence-electron chi connectivity index (χ2n) is 6.80. The van der Waals surface area contributed by atoms with Gasteiger partial charge < -0.3 is 9.64 Å². The van der Waals surface area contributed by atoms with Crippen molar-refractivity contribution < 1.29 is 14.3 Å². The van der Waals surface area contributed by atoms with Gasteiger partial charge in [0.2, 0.25) is 0 Å². The van der Waals surface area contributed by atoms with Gasteiger partial charge in [0, 0.05) is 19.3 Å². The molecule has 0 spiro atoms. The summed E-state index contributed by atoms with van der Waals surface area (Å²) in [5, 5.41) is 0.673. The van der Waals surface area contributed by atoms with Crippen molar-refractivity contribution in [3.63, 3.8) is 0 Å². The van der Waals surface area contributed by atoms with Crippen LogP contribution < -0.4 is 0 Å². The van der Waals surface area contributed by atoms with Gasteiger partial charge in [0.15, 0.2) is 17.5 Å². The van der Waals surface area contributed by atoms with Crippen LogP contribution in [0.5, 0.6) is 0 Å². The van der Waals surface area contributed by atoms with Gasteiger partial charge in [0.05, 0.1) is 6.20 Å². The number of aromatic nitrogens is 2. The molecule has 6 nitrogen and oxygen atoms in total. The number of para-hydroxylation sites is 1. The molecule has 0 radical (unpaired) electrons. The van der Waals surface area contributed by atoms with Crippen LogP contribution in [0.4, 0.5) is 0 Å². The van der Waals surface area contributed by atoms with Gasteiger partial charge in [-0.25, -0.2) is 9.78 Å². The number of carbonyl (C=O) groups is 2. The average Bonchev–Trinajstić information content (AvgIpc) is 3.22. The van der Waals surface area contributed by atoms with E-state index in [4.69, 9.17) is 4.74 Å². The highest BCUT2D eigenvalue weighted by Crippen LogP contribution is 2.22. The van der Waals surface area contributed by atoms with Gasteiger partial charge in [-0.15, -0.1) is 0 Å². The van der Waals surface area contributed by atoms with Crippen molar-refractivity contribution in [2.75, 3.05) is 19.9 Å². The summed E-state index contributed by atoms with van der Waals surface area (Å²) in [6.45, 7) is 2.24. The molecule has 0 aliphatic rings. The van der Waals surface area contributed by atoms with Crippen LogP contribution in [0.15, 0.2) is 66.0 Å². The Balaban J connectivity index is 1.64. The first kappa shape index (κ1) is 21.6. The Bertz CT molecular complexity index is 1000. The predicted molar refractivity (Wildman–Crippen MR) is 118 cm³/mol. The Morgan fingerprint density at radius 2 is 1.73 bits per heavy atom. The number of carbonyl (C=O) groups excluding carboxylic acids is 2. The third-order valence-corrected chi connectivity index (χ3v) is 5.39. The lowest BCUT2D eigenvalue weighted by Crippen LogP contribution is -2.31. The molecule has 3 rings (SSSR count). The molecule has 0 aliphatic carbocycles. The minimum absolute atomic E-state index is 0.265.